The van der Waals surface area contributed by atoms with Crippen LogP contribution >= 0.6 is 0 Å². The third-order valence-corrected chi connectivity index (χ3v) is 3.53. The van der Waals surface area contributed by atoms with Crippen molar-refractivity contribution in [3.05, 3.63) is 23.8 Å². The van der Waals surface area contributed by atoms with Gasteiger partial charge in [0.15, 0.2) is 11.5 Å². The summed E-state index contributed by atoms with van der Waals surface area (Å²) >= 11 is 0. The molecule has 1 unspecified atom stereocenters. The summed E-state index contributed by atoms with van der Waals surface area (Å²) in [6, 6.07) is 4.34. The number of phenols is 2. The zero-order valence-corrected chi connectivity index (χ0v) is 11.3. The summed E-state index contributed by atoms with van der Waals surface area (Å²) in [7, 11) is 2.05. The molecular formula is C14H20N2O3. The smallest absolute Gasteiger partial charge is 0.254 e. The Bertz CT molecular complexity index is 476. The van der Waals surface area contributed by atoms with Gasteiger partial charge in [0, 0.05) is 24.7 Å². The number of amides is 1. The molecule has 1 aliphatic rings. The van der Waals surface area contributed by atoms with Gasteiger partial charge in [-0.25, -0.2) is 0 Å². The first-order valence-corrected chi connectivity index (χ1v) is 6.50. The SMILES string of the molecule is CC1CN(C)CCCN1C(=O)c1ccc(O)c(O)c1. The minimum atomic E-state index is -0.259. The van der Waals surface area contributed by atoms with Crippen molar-refractivity contribution in [2.45, 2.75) is 19.4 Å². The van der Waals surface area contributed by atoms with Gasteiger partial charge in [-0.1, -0.05) is 0 Å². The maximum absolute atomic E-state index is 12.4. The van der Waals surface area contributed by atoms with Crippen LogP contribution in [0.3, 0.4) is 0 Å². The zero-order valence-electron chi connectivity index (χ0n) is 11.3. The van der Waals surface area contributed by atoms with Crippen LogP contribution in [-0.4, -0.2) is 58.6 Å². The predicted octanol–water partition coefficient (Wildman–Crippen LogP) is 1.26. The van der Waals surface area contributed by atoms with Crippen molar-refractivity contribution in [2.24, 2.45) is 0 Å². The van der Waals surface area contributed by atoms with Crippen LogP contribution in [0.25, 0.3) is 0 Å². The minimum absolute atomic E-state index is 0.0990. The minimum Gasteiger partial charge on any atom is -0.504 e. The molecule has 0 aromatic heterocycles. The van der Waals surface area contributed by atoms with Crippen molar-refractivity contribution in [3.63, 3.8) is 0 Å². The highest BCUT2D eigenvalue weighted by Gasteiger charge is 2.25. The lowest BCUT2D eigenvalue weighted by atomic mass is 10.1. The maximum atomic E-state index is 12.4. The van der Waals surface area contributed by atoms with E-state index in [9.17, 15) is 15.0 Å². The van der Waals surface area contributed by atoms with E-state index in [1.807, 2.05) is 11.8 Å². The van der Waals surface area contributed by atoms with Crippen molar-refractivity contribution in [3.8, 4) is 11.5 Å². The van der Waals surface area contributed by atoms with E-state index in [0.29, 0.717) is 12.1 Å². The number of likely N-dealkylation sites (N-methyl/N-ethyl adjacent to an activating group) is 1. The molecule has 1 aromatic carbocycles. The molecule has 1 amide bonds. The second-order valence-corrected chi connectivity index (χ2v) is 5.17. The Hall–Kier alpha value is -1.75. The highest BCUT2D eigenvalue weighted by atomic mass is 16.3. The molecule has 0 saturated carbocycles. The maximum Gasteiger partial charge on any atom is 0.254 e. The topological polar surface area (TPSA) is 64.0 Å². The quantitative estimate of drug-likeness (QED) is 0.750. The molecule has 1 saturated heterocycles. The summed E-state index contributed by atoms with van der Waals surface area (Å²) in [6.07, 6.45) is 0.941. The lowest BCUT2D eigenvalue weighted by Crippen LogP contribution is -2.41. The number of hydrogen-bond acceptors (Lipinski definition) is 4. The van der Waals surface area contributed by atoms with Gasteiger partial charge in [-0.3, -0.25) is 4.79 Å². The fraction of sp³-hybridized carbons (Fsp3) is 0.500. The Kier molecular flexibility index (Phi) is 3.95. The van der Waals surface area contributed by atoms with E-state index >= 15 is 0 Å². The molecule has 5 nitrogen and oxygen atoms in total. The number of phenolic OH excluding ortho intramolecular Hbond substituents is 2. The summed E-state index contributed by atoms with van der Waals surface area (Å²) in [5.41, 5.74) is 0.409. The van der Waals surface area contributed by atoms with Gasteiger partial charge in [-0.05, 0) is 45.1 Å². The second-order valence-electron chi connectivity index (χ2n) is 5.17. The molecular weight excluding hydrogens is 244 g/mol. The molecule has 1 aliphatic heterocycles. The van der Waals surface area contributed by atoms with Crippen LogP contribution in [-0.2, 0) is 0 Å². The van der Waals surface area contributed by atoms with Crippen molar-refractivity contribution in [1.29, 1.82) is 0 Å². The van der Waals surface area contributed by atoms with Crippen LogP contribution in [0.2, 0.25) is 0 Å². The van der Waals surface area contributed by atoms with Gasteiger partial charge in [0.25, 0.3) is 5.91 Å². The number of benzene rings is 1. The highest BCUT2D eigenvalue weighted by Crippen LogP contribution is 2.26. The van der Waals surface area contributed by atoms with E-state index in [1.165, 1.54) is 12.1 Å². The molecule has 2 rings (SSSR count). The van der Waals surface area contributed by atoms with Gasteiger partial charge in [-0.2, -0.15) is 0 Å². The van der Waals surface area contributed by atoms with Gasteiger partial charge < -0.3 is 20.0 Å². The Morgan fingerprint density at radius 1 is 1.26 bits per heavy atom. The van der Waals surface area contributed by atoms with E-state index in [0.717, 1.165) is 19.5 Å². The highest BCUT2D eigenvalue weighted by molar-refractivity contribution is 5.95. The molecule has 104 valence electrons. The molecule has 1 fully saturated rings. The standard InChI is InChI=1S/C14H20N2O3/c1-10-9-15(2)6-3-7-16(10)14(19)11-4-5-12(17)13(18)8-11/h4-5,8,10,17-18H,3,6-7,9H2,1-2H3. The first kappa shape index (κ1) is 13.7. The third kappa shape index (κ3) is 2.98. The number of aromatic hydroxyl groups is 2. The second kappa shape index (κ2) is 5.48. The Labute approximate surface area is 113 Å². The number of rotatable bonds is 1. The summed E-state index contributed by atoms with van der Waals surface area (Å²) in [5, 5.41) is 18.8. The van der Waals surface area contributed by atoms with Crippen LogP contribution in [0.15, 0.2) is 18.2 Å². The van der Waals surface area contributed by atoms with Crippen LogP contribution in [0.1, 0.15) is 23.7 Å². The van der Waals surface area contributed by atoms with E-state index in [1.54, 1.807) is 6.07 Å². The first-order chi connectivity index (χ1) is 8.99. The Morgan fingerprint density at radius 3 is 2.68 bits per heavy atom. The van der Waals surface area contributed by atoms with E-state index in [-0.39, 0.29) is 23.4 Å². The fourth-order valence-corrected chi connectivity index (χ4v) is 2.50. The summed E-state index contributed by atoms with van der Waals surface area (Å²) in [4.78, 5) is 16.5. The first-order valence-electron chi connectivity index (χ1n) is 6.50. The zero-order chi connectivity index (χ0) is 14.0. The molecule has 1 heterocycles. The van der Waals surface area contributed by atoms with Crippen LogP contribution in [0.5, 0.6) is 11.5 Å². The average Bonchev–Trinajstić information content (AvgIpc) is 2.52. The van der Waals surface area contributed by atoms with E-state index in [4.69, 9.17) is 0 Å². The Morgan fingerprint density at radius 2 is 2.00 bits per heavy atom. The Balaban J connectivity index is 2.20. The van der Waals surface area contributed by atoms with Crippen molar-refractivity contribution in [2.75, 3.05) is 26.7 Å². The summed E-state index contributed by atoms with van der Waals surface area (Å²) in [5.74, 6) is -0.566. The lowest BCUT2D eigenvalue weighted by Gasteiger charge is -2.28. The number of carbonyl (C=O) groups is 1. The van der Waals surface area contributed by atoms with Gasteiger partial charge in [0.05, 0.1) is 0 Å². The molecule has 5 heteroatoms. The predicted molar refractivity (Wildman–Crippen MR) is 72.4 cm³/mol. The third-order valence-electron chi connectivity index (χ3n) is 3.53. The van der Waals surface area contributed by atoms with Crippen LogP contribution in [0.4, 0.5) is 0 Å². The molecule has 2 N–H and O–H groups in total. The van der Waals surface area contributed by atoms with E-state index in [2.05, 4.69) is 11.9 Å². The monoisotopic (exact) mass is 264 g/mol. The largest absolute Gasteiger partial charge is 0.504 e. The molecule has 1 aromatic rings. The van der Waals surface area contributed by atoms with Crippen LogP contribution < -0.4 is 0 Å². The molecule has 19 heavy (non-hydrogen) atoms. The molecule has 1 atom stereocenters. The number of carbonyl (C=O) groups excluding carboxylic acids is 1. The molecule has 0 spiro atoms. The van der Waals surface area contributed by atoms with Gasteiger partial charge in [0.1, 0.15) is 0 Å². The van der Waals surface area contributed by atoms with Gasteiger partial charge >= 0.3 is 0 Å². The van der Waals surface area contributed by atoms with Crippen molar-refractivity contribution < 1.29 is 15.0 Å². The molecule has 0 aliphatic carbocycles. The lowest BCUT2D eigenvalue weighted by molar-refractivity contribution is 0.0696. The fourth-order valence-electron chi connectivity index (χ4n) is 2.50. The number of nitrogens with zero attached hydrogens (tertiary/aromatic N) is 2. The molecule has 0 bridgehead atoms. The van der Waals surface area contributed by atoms with Gasteiger partial charge in [0.2, 0.25) is 0 Å². The summed E-state index contributed by atoms with van der Waals surface area (Å²) in [6.45, 7) is 4.57. The van der Waals surface area contributed by atoms with Crippen molar-refractivity contribution in [1.82, 2.24) is 9.80 Å². The average molecular weight is 264 g/mol. The molecule has 0 radical (unpaired) electrons. The van der Waals surface area contributed by atoms with Gasteiger partial charge in [-0.15, -0.1) is 0 Å². The normalized spacial score (nSPS) is 21.2. The summed E-state index contributed by atoms with van der Waals surface area (Å²) < 4.78 is 0. The van der Waals surface area contributed by atoms with Crippen molar-refractivity contribution >= 4 is 5.91 Å². The van der Waals surface area contributed by atoms with Crippen LogP contribution in [0, 0.1) is 0 Å². The number of hydrogen-bond donors (Lipinski definition) is 2. The van der Waals surface area contributed by atoms with E-state index < -0.39 is 0 Å².